The first-order valence-corrected chi connectivity index (χ1v) is 5.42. The van der Waals surface area contributed by atoms with E-state index in [2.05, 4.69) is 14.9 Å². The lowest BCUT2D eigenvalue weighted by Gasteiger charge is -2.03. The van der Waals surface area contributed by atoms with Gasteiger partial charge in [-0.05, 0) is 13.0 Å². The van der Waals surface area contributed by atoms with Crippen molar-refractivity contribution in [2.45, 2.75) is 6.92 Å². The molecule has 0 aliphatic rings. The number of rotatable bonds is 4. The minimum atomic E-state index is -1.17. The van der Waals surface area contributed by atoms with E-state index in [0.29, 0.717) is 5.65 Å². The standard InChI is InChI=1S/C11H12N4O4/c1-6-8-3-7(4-12-10(8)15(2)13-6)11(18)14-19-5-9(16)17/h3-4H,5H2,1-2H3,(H,14,18)(H,16,17). The summed E-state index contributed by atoms with van der Waals surface area (Å²) < 4.78 is 1.62. The third-order valence-electron chi connectivity index (χ3n) is 2.49. The first kappa shape index (κ1) is 13.0. The molecule has 1 amide bonds. The molecule has 2 rings (SSSR count). The lowest BCUT2D eigenvalue weighted by molar-refractivity contribution is -0.144. The number of carboxylic acids is 1. The Morgan fingerprint density at radius 3 is 2.95 bits per heavy atom. The van der Waals surface area contributed by atoms with Crippen molar-refractivity contribution in [3.05, 3.63) is 23.5 Å². The maximum absolute atomic E-state index is 11.7. The summed E-state index contributed by atoms with van der Waals surface area (Å²) in [6, 6.07) is 1.63. The molecule has 2 heterocycles. The lowest BCUT2D eigenvalue weighted by atomic mass is 10.2. The number of aromatic nitrogens is 3. The molecule has 19 heavy (non-hydrogen) atoms. The van der Waals surface area contributed by atoms with Crippen LogP contribution in [0.4, 0.5) is 0 Å². The second-order valence-electron chi connectivity index (χ2n) is 3.92. The van der Waals surface area contributed by atoms with Crippen molar-refractivity contribution >= 4 is 22.9 Å². The number of aliphatic carboxylic acids is 1. The van der Waals surface area contributed by atoms with Crippen LogP contribution in [-0.2, 0) is 16.7 Å². The van der Waals surface area contributed by atoms with Crippen molar-refractivity contribution < 1.29 is 19.5 Å². The largest absolute Gasteiger partial charge is 0.479 e. The number of carbonyl (C=O) groups is 2. The second-order valence-corrected chi connectivity index (χ2v) is 3.92. The van der Waals surface area contributed by atoms with E-state index in [4.69, 9.17) is 5.11 Å². The van der Waals surface area contributed by atoms with Crippen LogP contribution in [0.15, 0.2) is 12.3 Å². The van der Waals surface area contributed by atoms with Gasteiger partial charge in [0, 0.05) is 18.6 Å². The average molecular weight is 264 g/mol. The molecule has 0 radical (unpaired) electrons. The molecule has 0 atom stereocenters. The molecular formula is C11H12N4O4. The first-order valence-electron chi connectivity index (χ1n) is 5.42. The molecule has 2 aromatic heterocycles. The highest BCUT2D eigenvalue weighted by Crippen LogP contribution is 2.16. The summed E-state index contributed by atoms with van der Waals surface area (Å²) in [6.45, 7) is 1.21. The predicted octanol–water partition coefficient (Wildman–Crippen LogP) is 0.0227. The maximum atomic E-state index is 11.7. The Kier molecular flexibility index (Phi) is 3.43. The highest BCUT2D eigenvalue weighted by Gasteiger charge is 2.12. The van der Waals surface area contributed by atoms with E-state index < -0.39 is 18.5 Å². The van der Waals surface area contributed by atoms with Crippen molar-refractivity contribution in [3.63, 3.8) is 0 Å². The number of carbonyl (C=O) groups excluding carboxylic acids is 1. The van der Waals surface area contributed by atoms with Gasteiger partial charge in [0.05, 0.1) is 11.3 Å². The van der Waals surface area contributed by atoms with Gasteiger partial charge in [0.1, 0.15) is 0 Å². The number of hydroxylamine groups is 1. The molecule has 0 aliphatic heterocycles. The smallest absolute Gasteiger partial charge is 0.332 e. The molecule has 8 heteroatoms. The van der Waals surface area contributed by atoms with E-state index in [1.54, 1.807) is 17.8 Å². The quantitative estimate of drug-likeness (QED) is 0.754. The normalized spacial score (nSPS) is 10.6. The van der Waals surface area contributed by atoms with Crippen LogP contribution >= 0.6 is 0 Å². The number of pyridine rings is 1. The third kappa shape index (κ3) is 2.68. The topological polar surface area (TPSA) is 106 Å². The zero-order chi connectivity index (χ0) is 14.0. The van der Waals surface area contributed by atoms with Crippen LogP contribution in [0.1, 0.15) is 16.1 Å². The van der Waals surface area contributed by atoms with E-state index in [-0.39, 0.29) is 5.56 Å². The van der Waals surface area contributed by atoms with Crippen LogP contribution in [0.25, 0.3) is 11.0 Å². The molecule has 0 saturated heterocycles. The second kappa shape index (κ2) is 5.02. The fraction of sp³-hybridized carbons (Fsp3) is 0.273. The molecular weight excluding hydrogens is 252 g/mol. The Morgan fingerprint density at radius 2 is 2.26 bits per heavy atom. The van der Waals surface area contributed by atoms with E-state index in [9.17, 15) is 9.59 Å². The number of hydrogen-bond acceptors (Lipinski definition) is 5. The van der Waals surface area contributed by atoms with Crippen molar-refractivity contribution in [2.24, 2.45) is 7.05 Å². The number of hydrogen-bond donors (Lipinski definition) is 2. The van der Waals surface area contributed by atoms with Gasteiger partial charge in [-0.1, -0.05) is 0 Å². The Hall–Kier alpha value is -2.48. The third-order valence-corrected chi connectivity index (χ3v) is 2.49. The summed E-state index contributed by atoms with van der Waals surface area (Å²) in [5.41, 5.74) is 3.73. The van der Waals surface area contributed by atoms with Crippen molar-refractivity contribution in [1.82, 2.24) is 20.2 Å². The van der Waals surface area contributed by atoms with E-state index >= 15 is 0 Å². The number of amides is 1. The van der Waals surface area contributed by atoms with Gasteiger partial charge < -0.3 is 5.11 Å². The van der Waals surface area contributed by atoms with Gasteiger partial charge in [-0.15, -0.1) is 0 Å². The van der Waals surface area contributed by atoms with Crippen molar-refractivity contribution in [3.8, 4) is 0 Å². The van der Waals surface area contributed by atoms with Crippen LogP contribution in [0.3, 0.4) is 0 Å². The molecule has 0 fully saturated rings. The van der Waals surface area contributed by atoms with Crippen LogP contribution in [0.2, 0.25) is 0 Å². The molecule has 0 saturated carbocycles. The van der Waals surface area contributed by atoms with E-state index in [1.807, 2.05) is 12.4 Å². The number of carboxylic acid groups (broad SMARTS) is 1. The SMILES string of the molecule is Cc1nn(C)c2ncc(C(=O)NOCC(=O)O)cc12. The highest BCUT2D eigenvalue weighted by atomic mass is 16.7. The Morgan fingerprint density at radius 1 is 1.53 bits per heavy atom. The zero-order valence-corrected chi connectivity index (χ0v) is 10.4. The zero-order valence-electron chi connectivity index (χ0n) is 10.4. The number of nitrogens with one attached hydrogen (secondary N) is 1. The number of aryl methyl sites for hydroxylation is 2. The van der Waals surface area contributed by atoms with E-state index in [1.165, 1.54) is 6.20 Å². The fourth-order valence-electron chi connectivity index (χ4n) is 1.65. The van der Waals surface area contributed by atoms with Gasteiger partial charge in [0.15, 0.2) is 12.3 Å². The molecule has 100 valence electrons. The van der Waals surface area contributed by atoms with Gasteiger partial charge in [-0.3, -0.25) is 14.3 Å². The maximum Gasteiger partial charge on any atom is 0.332 e. The monoisotopic (exact) mass is 264 g/mol. The van der Waals surface area contributed by atoms with Gasteiger partial charge in [-0.2, -0.15) is 5.10 Å². The molecule has 8 nitrogen and oxygen atoms in total. The van der Waals surface area contributed by atoms with Crippen LogP contribution in [-0.4, -0.2) is 38.4 Å². The van der Waals surface area contributed by atoms with Gasteiger partial charge in [-0.25, -0.2) is 15.3 Å². The molecule has 0 aliphatic carbocycles. The van der Waals surface area contributed by atoms with Crippen molar-refractivity contribution in [2.75, 3.05) is 6.61 Å². The average Bonchev–Trinajstić information content (AvgIpc) is 2.64. The summed E-state index contributed by atoms with van der Waals surface area (Å²) in [4.78, 5) is 30.6. The first-order chi connectivity index (χ1) is 8.99. The summed E-state index contributed by atoms with van der Waals surface area (Å²) in [6.07, 6.45) is 1.38. The molecule has 0 bridgehead atoms. The lowest BCUT2D eigenvalue weighted by Crippen LogP contribution is -2.26. The summed E-state index contributed by atoms with van der Waals surface area (Å²) in [5.74, 6) is -1.73. The molecule has 0 unspecified atom stereocenters. The molecule has 2 N–H and O–H groups in total. The number of nitrogens with zero attached hydrogens (tertiary/aromatic N) is 3. The number of fused-ring (bicyclic) bond motifs is 1. The van der Waals surface area contributed by atoms with Crippen LogP contribution in [0.5, 0.6) is 0 Å². The van der Waals surface area contributed by atoms with E-state index in [0.717, 1.165) is 11.1 Å². The Bertz CT molecular complexity index is 649. The van der Waals surface area contributed by atoms with Crippen molar-refractivity contribution in [1.29, 1.82) is 0 Å². The van der Waals surface area contributed by atoms with Gasteiger partial charge in [0.2, 0.25) is 0 Å². The molecule has 0 spiro atoms. The minimum absolute atomic E-state index is 0.272. The predicted molar refractivity (Wildman–Crippen MR) is 64.3 cm³/mol. The Balaban J connectivity index is 2.18. The van der Waals surface area contributed by atoms with Crippen LogP contribution in [0, 0.1) is 6.92 Å². The fourth-order valence-corrected chi connectivity index (χ4v) is 1.65. The summed E-state index contributed by atoms with van der Waals surface area (Å²) in [7, 11) is 1.76. The molecule has 2 aromatic rings. The molecule has 0 aromatic carbocycles. The summed E-state index contributed by atoms with van der Waals surface area (Å²) in [5, 5.41) is 13.3. The summed E-state index contributed by atoms with van der Waals surface area (Å²) >= 11 is 0. The van der Waals surface area contributed by atoms with Crippen LogP contribution < -0.4 is 5.48 Å². The van der Waals surface area contributed by atoms with Gasteiger partial charge >= 0.3 is 5.97 Å². The van der Waals surface area contributed by atoms with Gasteiger partial charge in [0.25, 0.3) is 5.91 Å². The Labute approximate surface area is 107 Å². The highest BCUT2D eigenvalue weighted by molar-refractivity contribution is 5.96. The minimum Gasteiger partial charge on any atom is -0.479 e.